The molecule has 2 N–H and O–H groups in total. The Kier molecular flexibility index (Phi) is 7.00. The second-order valence-electron chi connectivity index (χ2n) is 7.22. The number of nitrogens with one attached hydrogen (secondary N) is 2. The maximum atomic E-state index is 12.8. The normalized spacial score (nSPS) is 15.7. The van der Waals surface area contributed by atoms with Crippen LogP contribution in [0.4, 0.5) is 4.79 Å². The predicted molar refractivity (Wildman–Crippen MR) is 125 cm³/mol. The number of rotatable bonds is 7. The summed E-state index contributed by atoms with van der Waals surface area (Å²) in [4.78, 5) is 25.2. The zero-order valence-electron chi connectivity index (χ0n) is 17.9. The van der Waals surface area contributed by atoms with Crippen LogP contribution in [-0.2, 0) is 9.53 Å². The molecule has 4 rings (SSSR count). The topological polar surface area (TPSA) is 106 Å². The molecule has 0 radical (unpaired) electrons. The molecular formula is C23H21ClN4O4S. The Bertz CT molecular complexity index is 1190. The van der Waals surface area contributed by atoms with Crippen molar-refractivity contribution in [3.05, 3.63) is 76.0 Å². The van der Waals surface area contributed by atoms with E-state index in [1.165, 1.54) is 11.8 Å². The van der Waals surface area contributed by atoms with E-state index in [1.807, 2.05) is 31.2 Å². The van der Waals surface area contributed by atoms with Crippen molar-refractivity contribution in [1.29, 1.82) is 0 Å². The minimum atomic E-state index is -0.684. The average molecular weight is 485 g/mol. The van der Waals surface area contributed by atoms with E-state index in [9.17, 15) is 9.59 Å². The lowest BCUT2D eigenvalue weighted by molar-refractivity contribution is -0.139. The number of carbonyl (C=O) groups is 2. The summed E-state index contributed by atoms with van der Waals surface area (Å²) < 4.78 is 11.0. The maximum absolute atomic E-state index is 12.8. The van der Waals surface area contributed by atoms with Crippen molar-refractivity contribution in [2.75, 3.05) is 12.4 Å². The average Bonchev–Trinajstić information content (AvgIpc) is 3.27. The van der Waals surface area contributed by atoms with Gasteiger partial charge in [-0.25, -0.2) is 9.59 Å². The molecule has 170 valence electrons. The van der Waals surface area contributed by atoms with Gasteiger partial charge in [-0.05, 0) is 43.7 Å². The Morgan fingerprint density at radius 1 is 1.15 bits per heavy atom. The van der Waals surface area contributed by atoms with E-state index in [2.05, 4.69) is 20.8 Å². The minimum Gasteiger partial charge on any atom is -0.463 e. The van der Waals surface area contributed by atoms with Gasteiger partial charge in [0.25, 0.3) is 5.22 Å². The van der Waals surface area contributed by atoms with E-state index < -0.39 is 18.0 Å². The van der Waals surface area contributed by atoms with Gasteiger partial charge in [0.05, 0.1) is 18.2 Å². The second-order valence-corrected chi connectivity index (χ2v) is 8.59. The van der Waals surface area contributed by atoms with Gasteiger partial charge in [0, 0.05) is 22.0 Å². The van der Waals surface area contributed by atoms with Crippen molar-refractivity contribution in [2.45, 2.75) is 25.1 Å². The van der Waals surface area contributed by atoms with Gasteiger partial charge in [0.15, 0.2) is 0 Å². The fraction of sp³-hybridized carbons (Fsp3) is 0.217. The number of aromatic nitrogens is 2. The number of ether oxygens (including phenoxy) is 1. The summed E-state index contributed by atoms with van der Waals surface area (Å²) in [7, 11) is 0. The molecule has 1 aliphatic heterocycles. The highest BCUT2D eigenvalue weighted by Crippen LogP contribution is 2.31. The third-order valence-electron chi connectivity index (χ3n) is 4.90. The first kappa shape index (κ1) is 22.9. The van der Waals surface area contributed by atoms with E-state index in [1.54, 1.807) is 31.2 Å². The van der Waals surface area contributed by atoms with Crippen LogP contribution in [0.3, 0.4) is 0 Å². The Morgan fingerprint density at radius 2 is 1.88 bits per heavy atom. The maximum Gasteiger partial charge on any atom is 0.338 e. The van der Waals surface area contributed by atoms with Crippen molar-refractivity contribution in [3.63, 3.8) is 0 Å². The summed E-state index contributed by atoms with van der Waals surface area (Å²) in [5, 5.41) is 14.5. The Labute approximate surface area is 199 Å². The molecule has 1 unspecified atom stereocenters. The number of esters is 1. The zero-order chi connectivity index (χ0) is 23.4. The van der Waals surface area contributed by atoms with Crippen molar-refractivity contribution in [2.24, 2.45) is 0 Å². The van der Waals surface area contributed by atoms with Gasteiger partial charge in [-0.3, -0.25) is 0 Å². The van der Waals surface area contributed by atoms with Crippen LogP contribution in [0.2, 0.25) is 5.02 Å². The molecule has 0 bridgehead atoms. The molecule has 1 aliphatic rings. The van der Waals surface area contributed by atoms with Crippen LogP contribution >= 0.6 is 23.4 Å². The number of nitrogens with zero attached hydrogens (tertiary/aromatic N) is 2. The van der Waals surface area contributed by atoms with Crippen LogP contribution in [0.5, 0.6) is 0 Å². The number of hydrogen-bond acceptors (Lipinski definition) is 7. The largest absolute Gasteiger partial charge is 0.463 e. The summed E-state index contributed by atoms with van der Waals surface area (Å²) in [5.41, 5.74) is 3.37. The molecule has 2 amide bonds. The number of amides is 2. The van der Waals surface area contributed by atoms with Crippen LogP contribution in [0.25, 0.3) is 11.5 Å². The molecule has 0 saturated heterocycles. The van der Waals surface area contributed by atoms with Crippen molar-refractivity contribution >= 4 is 35.4 Å². The molecule has 10 heteroatoms. The van der Waals surface area contributed by atoms with E-state index >= 15 is 0 Å². The standard InChI is InChI=1S/C23H21ClN4O4S/c1-3-31-21(29)18-17(25-22(30)26-19(18)14-8-10-16(24)11-9-14)12-33-23-28-27-20(32-23)15-6-4-13(2)5-7-15/h4-11,19H,3,12H2,1-2H3,(H2,25,26,30). The van der Waals surface area contributed by atoms with E-state index in [-0.39, 0.29) is 12.4 Å². The number of aryl methyl sites for hydroxylation is 1. The lowest BCUT2D eigenvalue weighted by Gasteiger charge is -2.29. The first-order valence-corrected chi connectivity index (χ1v) is 11.6. The molecular weight excluding hydrogens is 464 g/mol. The molecule has 8 nitrogen and oxygen atoms in total. The Morgan fingerprint density at radius 3 is 2.58 bits per heavy atom. The van der Waals surface area contributed by atoms with Gasteiger partial charge in [0.2, 0.25) is 5.89 Å². The number of hydrogen-bond donors (Lipinski definition) is 2. The highest BCUT2D eigenvalue weighted by molar-refractivity contribution is 7.99. The summed E-state index contributed by atoms with van der Waals surface area (Å²) in [5.74, 6) is 0.0955. The quantitative estimate of drug-likeness (QED) is 0.371. The van der Waals surface area contributed by atoms with Gasteiger partial charge in [-0.1, -0.05) is 53.2 Å². The van der Waals surface area contributed by atoms with Crippen molar-refractivity contribution in [1.82, 2.24) is 20.8 Å². The number of urea groups is 1. The highest BCUT2D eigenvalue weighted by Gasteiger charge is 2.34. The van der Waals surface area contributed by atoms with E-state index in [0.717, 1.165) is 11.1 Å². The first-order chi connectivity index (χ1) is 15.9. The number of benzene rings is 2. The monoisotopic (exact) mass is 484 g/mol. The molecule has 0 saturated carbocycles. The Balaban J connectivity index is 1.60. The predicted octanol–water partition coefficient (Wildman–Crippen LogP) is 4.66. The molecule has 2 aromatic carbocycles. The molecule has 0 spiro atoms. The summed E-state index contributed by atoms with van der Waals surface area (Å²) in [6.45, 7) is 3.93. The highest BCUT2D eigenvalue weighted by atomic mass is 35.5. The molecule has 1 atom stereocenters. The van der Waals surface area contributed by atoms with Crippen molar-refractivity contribution in [3.8, 4) is 11.5 Å². The lowest BCUT2D eigenvalue weighted by Crippen LogP contribution is -2.46. The molecule has 3 aromatic rings. The van der Waals surface area contributed by atoms with E-state index in [0.29, 0.717) is 33.0 Å². The summed E-state index contributed by atoms with van der Waals surface area (Å²) >= 11 is 7.22. The van der Waals surface area contributed by atoms with Gasteiger partial charge in [-0.2, -0.15) is 0 Å². The van der Waals surface area contributed by atoms with Gasteiger partial charge in [0.1, 0.15) is 0 Å². The summed E-state index contributed by atoms with van der Waals surface area (Å²) in [6, 6.07) is 13.5. The third-order valence-corrected chi connectivity index (χ3v) is 5.99. The van der Waals surface area contributed by atoms with E-state index in [4.69, 9.17) is 20.8 Å². The zero-order valence-corrected chi connectivity index (χ0v) is 19.5. The Hall–Kier alpha value is -3.30. The fourth-order valence-corrected chi connectivity index (χ4v) is 4.16. The molecule has 33 heavy (non-hydrogen) atoms. The third kappa shape index (κ3) is 5.37. The van der Waals surface area contributed by atoms with Crippen LogP contribution in [-0.4, -0.2) is 34.6 Å². The lowest BCUT2D eigenvalue weighted by atomic mass is 9.95. The fourth-order valence-electron chi connectivity index (χ4n) is 3.30. The molecule has 0 aliphatic carbocycles. The summed E-state index contributed by atoms with van der Waals surface area (Å²) in [6.07, 6.45) is 0. The molecule has 1 aromatic heterocycles. The van der Waals surface area contributed by atoms with Gasteiger partial charge < -0.3 is 19.8 Å². The number of halogens is 1. The van der Waals surface area contributed by atoms with Crippen LogP contribution < -0.4 is 10.6 Å². The number of thioether (sulfide) groups is 1. The number of carbonyl (C=O) groups excluding carboxylic acids is 2. The van der Waals surface area contributed by atoms with Gasteiger partial charge >= 0.3 is 12.0 Å². The first-order valence-electron chi connectivity index (χ1n) is 10.2. The van der Waals surface area contributed by atoms with Crippen molar-refractivity contribution < 1.29 is 18.7 Å². The van der Waals surface area contributed by atoms with Crippen LogP contribution in [0.15, 0.2) is 69.4 Å². The second kappa shape index (κ2) is 10.1. The SMILES string of the molecule is CCOC(=O)C1=C(CSc2nnc(-c3ccc(C)cc3)o2)NC(=O)NC1c1ccc(Cl)cc1. The van der Waals surface area contributed by atoms with Gasteiger partial charge in [-0.15, -0.1) is 10.2 Å². The van der Waals surface area contributed by atoms with Crippen LogP contribution in [0, 0.1) is 6.92 Å². The molecule has 0 fully saturated rings. The van der Waals surface area contributed by atoms with Crippen LogP contribution in [0.1, 0.15) is 24.1 Å². The minimum absolute atomic E-state index is 0.202. The smallest absolute Gasteiger partial charge is 0.338 e. The molecule has 2 heterocycles.